The van der Waals surface area contributed by atoms with Gasteiger partial charge >= 0.3 is 5.97 Å². The Balaban J connectivity index is 1.64. The molecule has 9 nitrogen and oxygen atoms in total. The van der Waals surface area contributed by atoms with E-state index in [2.05, 4.69) is 26.1 Å². The second-order valence-electron chi connectivity index (χ2n) is 5.30. The Morgan fingerprint density at radius 3 is 2.59 bits per heavy atom. The summed E-state index contributed by atoms with van der Waals surface area (Å²) < 4.78 is 16.5. The molecule has 0 spiro atoms. The predicted octanol–water partition coefficient (Wildman–Crippen LogP) is 4.32. The highest BCUT2D eigenvalue weighted by molar-refractivity contribution is 9.10. The van der Waals surface area contributed by atoms with E-state index in [9.17, 15) is 14.9 Å². The van der Waals surface area contributed by atoms with Crippen molar-refractivity contribution in [2.45, 2.75) is 13.0 Å². The fraction of sp³-hybridized carbons (Fsp3) is 0.118. The Kier molecular flexibility index (Phi) is 5.46. The Morgan fingerprint density at radius 2 is 1.96 bits per heavy atom. The SMILES string of the molecule is CC(OC(=O)/C=C/c1ccc(Br)o1)c1nnc(-c2ccc([N+](=O)[O-])cc2)o1. The highest BCUT2D eigenvalue weighted by Crippen LogP contribution is 2.24. The lowest BCUT2D eigenvalue weighted by Crippen LogP contribution is -2.06. The summed E-state index contributed by atoms with van der Waals surface area (Å²) in [6.45, 7) is 1.59. The molecule has 0 aliphatic heterocycles. The van der Waals surface area contributed by atoms with Crippen LogP contribution in [0.2, 0.25) is 0 Å². The molecule has 2 heterocycles. The highest BCUT2D eigenvalue weighted by atomic mass is 79.9. The minimum atomic E-state index is -0.773. The number of nitro groups is 1. The number of non-ortho nitro benzene ring substituents is 1. The fourth-order valence-corrected chi connectivity index (χ4v) is 2.39. The van der Waals surface area contributed by atoms with Gasteiger partial charge in [-0.1, -0.05) is 0 Å². The van der Waals surface area contributed by atoms with Crippen molar-refractivity contribution in [3.63, 3.8) is 0 Å². The van der Waals surface area contributed by atoms with Crippen molar-refractivity contribution in [1.82, 2.24) is 10.2 Å². The van der Waals surface area contributed by atoms with Crippen LogP contribution >= 0.6 is 15.9 Å². The van der Waals surface area contributed by atoms with E-state index < -0.39 is 17.0 Å². The topological polar surface area (TPSA) is 122 Å². The highest BCUT2D eigenvalue weighted by Gasteiger charge is 2.18. The molecule has 27 heavy (non-hydrogen) atoms. The fourth-order valence-electron chi connectivity index (χ4n) is 2.07. The lowest BCUT2D eigenvalue weighted by molar-refractivity contribution is -0.384. The summed E-state index contributed by atoms with van der Waals surface area (Å²) in [5, 5.41) is 18.4. The van der Waals surface area contributed by atoms with Gasteiger partial charge in [0.25, 0.3) is 11.6 Å². The van der Waals surface area contributed by atoms with Gasteiger partial charge in [-0.3, -0.25) is 10.1 Å². The maximum Gasteiger partial charge on any atom is 0.331 e. The van der Waals surface area contributed by atoms with Gasteiger partial charge in [0.2, 0.25) is 5.89 Å². The van der Waals surface area contributed by atoms with E-state index in [1.165, 1.54) is 36.4 Å². The van der Waals surface area contributed by atoms with Crippen LogP contribution in [0.5, 0.6) is 0 Å². The maximum atomic E-state index is 11.9. The van der Waals surface area contributed by atoms with E-state index in [4.69, 9.17) is 13.6 Å². The third-order valence-electron chi connectivity index (χ3n) is 3.38. The van der Waals surface area contributed by atoms with Gasteiger partial charge in [0.05, 0.1) is 4.92 Å². The quantitative estimate of drug-likeness (QED) is 0.243. The zero-order valence-corrected chi connectivity index (χ0v) is 15.5. The number of nitrogens with zero attached hydrogens (tertiary/aromatic N) is 3. The van der Waals surface area contributed by atoms with E-state index in [0.29, 0.717) is 16.0 Å². The second kappa shape index (κ2) is 7.96. The van der Waals surface area contributed by atoms with Crippen molar-refractivity contribution in [3.8, 4) is 11.5 Å². The number of benzene rings is 1. The molecule has 3 aromatic rings. The van der Waals surface area contributed by atoms with Gasteiger partial charge in [-0.2, -0.15) is 0 Å². The molecule has 0 aliphatic carbocycles. The Hall–Kier alpha value is -3.27. The molecule has 1 unspecified atom stereocenters. The predicted molar refractivity (Wildman–Crippen MR) is 96.3 cm³/mol. The van der Waals surface area contributed by atoms with Crippen LogP contribution in [0.4, 0.5) is 5.69 Å². The molecule has 2 aromatic heterocycles. The number of halogens is 1. The van der Waals surface area contributed by atoms with E-state index in [-0.39, 0.29) is 17.5 Å². The van der Waals surface area contributed by atoms with Gasteiger partial charge in [0, 0.05) is 23.8 Å². The van der Waals surface area contributed by atoms with Crippen molar-refractivity contribution in [2.24, 2.45) is 0 Å². The molecule has 138 valence electrons. The number of aromatic nitrogens is 2. The number of hydrogen-bond acceptors (Lipinski definition) is 8. The van der Waals surface area contributed by atoms with Crippen molar-refractivity contribution in [3.05, 3.63) is 68.9 Å². The number of ether oxygens (including phenoxy) is 1. The van der Waals surface area contributed by atoms with Crippen LogP contribution in [-0.4, -0.2) is 21.1 Å². The number of nitro benzene ring substituents is 1. The summed E-state index contributed by atoms with van der Waals surface area (Å²) in [5.74, 6) is 0.152. The smallest absolute Gasteiger partial charge is 0.331 e. The molecule has 0 saturated heterocycles. The number of carbonyl (C=O) groups excluding carboxylic acids is 1. The Labute approximate surface area is 160 Å². The second-order valence-corrected chi connectivity index (χ2v) is 6.09. The number of esters is 1. The first-order chi connectivity index (χ1) is 12.9. The number of rotatable bonds is 6. The van der Waals surface area contributed by atoms with Gasteiger partial charge < -0.3 is 13.6 Å². The average Bonchev–Trinajstić information content (AvgIpc) is 3.29. The largest absolute Gasteiger partial charge is 0.450 e. The minimum absolute atomic E-state index is 0.0452. The monoisotopic (exact) mass is 433 g/mol. The van der Waals surface area contributed by atoms with Crippen LogP contribution in [0, 0.1) is 10.1 Å². The van der Waals surface area contributed by atoms with Crippen molar-refractivity contribution < 1.29 is 23.3 Å². The lowest BCUT2D eigenvalue weighted by atomic mass is 10.2. The first kappa shape index (κ1) is 18.5. The Morgan fingerprint density at radius 1 is 1.22 bits per heavy atom. The zero-order valence-electron chi connectivity index (χ0n) is 13.9. The van der Waals surface area contributed by atoms with Gasteiger partial charge in [-0.15, -0.1) is 10.2 Å². The van der Waals surface area contributed by atoms with E-state index in [1.807, 2.05) is 0 Å². The minimum Gasteiger partial charge on any atom is -0.450 e. The van der Waals surface area contributed by atoms with E-state index in [1.54, 1.807) is 19.1 Å². The molecule has 3 rings (SSSR count). The van der Waals surface area contributed by atoms with E-state index >= 15 is 0 Å². The van der Waals surface area contributed by atoms with Gasteiger partial charge in [0.15, 0.2) is 10.8 Å². The standard InChI is InChI=1S/C17H12BrN3O6/c1-10(25-15(22)9-7-13-6-8-14(18)26-13)16-19-20-17(27-16)11-2-4-12(5-3-11)21(23)24/h2-10H,1H3/b9-7+. The molecule has 0 saturated carbocycles. The molecular formula is C17H12BrN3O6. The number of carbonyl (C=O) groups is 1. The molecule has 0 amide bonds. The van der Waals surface area contributed by atoms with Crippen LogP contribution in [0.15, 0.2) is 56.0 Å². The summed E-state index contributed by atoms with van der Waals surface area (Å²) >= 11 is 3.16. The molecular weight excluding hydrogens is 422 g/mol. The third kappa shape index (κ3) is 4.67. The van der Waals surface area contributed by atoms with Gasteiger partial charge in [-0.25, -0.2) is 4.79 Å². The number of hydrogen-bond donors (Lipinski definition) is 0. The van der Waals surface area contributed by atoms with E-state index in [0.717, 1.165) is 0 Å². The van der Waals surface area contributed by atoms with Gasteiger partial charge in [-0.05, 0) is 53.2 Å². The summed E-state index contributed by atoms with van der Waals surface area (Å²) in [6.07, 6.45) is 1.91. The molecule has 1 aromatic carbocycles. The van der Waals surface area contributed by atoms with Crippen molar-refractivity contribution in [1.29, 1.82) is 0 Å². The third-order valence-corrected chi connectivity index (χ3v) is 3.81. The van der Waals surface area contributed by atoms with Crippen LogP contribution in [0.1, 0.15) is 24.7 Å². The molecule has 0 aliphatic rings. The summed E-state index contributed by atoms with van der Waals surface area (Å²) in [5.41, 5.74) is 0.470. The summed E-state index contributed by atoms with van der Waals surface area (Å²) in [7, 11) is 0. The first-order valence-electron chi connectivity index (χ1n) is 7.64. The lowest BCUT2D eigenvalue weighted by Gasteiger charge is -2.06. The molecule has 0 radical (unpaired) electrons. The molecule has 10 heteroatoms. The first-order valence-corrected chi connectivity index (χ1v) is 8.44. The van der Waals surface area contributed by atoms with Crippen molar-refractivity contribution >= 4 is 33.7 Å². The van der Waals surface area contributed by atoms with Gasteiger partial charge in [0.1, 0.15) is 5.76 Å². The Bertz CT molecular complexity index is 992. The normalized spacial score (nSPS) is 12.2. The number of furan rings is 1. The van der Waals surface area contributed by atoms with Crippen molar-refractivity contribution in [2.75, 3.05) is 0 Å². The molecule has 1 atom stereocenters. The van der Waals surface area contributed by atoms with Crippen LogP contribution in [0.3, 0.4) is 0 Å². The van der Waals surface area contributed by atoms with Crippen LogP contribution in [-0.2, 0) is 9.53 Å². The maximum absolute atomic E-state index is 11.9. The molecule has 0 fully saturated rings. The molecule has 0 bridgehead atoms. The van der Waals surface area contributed by atoms with Crippen LogP contribution in [0.25, 0.3) is 17.5 Å². The zero-order chi connectivity index (χ0) is 19.4. The average molecular weight is 434 g/mol. The summed E-state index contributed by atoms with van der Waals surface area (Å²) in [6, 6.07) is 9.05. The molecule has 0 N–H and O–H groups in total. The summed E-state index contributed by atoms with van der Waals surface area (Å²) in [4.78, 5) is 22.1. The van der Waals surface area contributed by atoms with Crippen LogP contribution < -0.4 is 0 Å².